The molecule has 0 unspecified atom stereocenters. The van der Waals surface area contributed by atoms with Crippen LogP contribution in [0.2, 0.25) is 5.02 Å². The molecule has 1 aliphatic heterocycles. The Morgan fingerprint density at radius 1 is 1.09 bits per heavy atom. The fourth-order valence-electron chi connectivity index (χ4n) is 4.04. The highest BCUT2D eigenvalue weighted by molar-refractivity contribution is 7.13. The maximum atomic E-state index is 12.7. The van der Waals surface area contributed by atoms with E-state index in [4.69, 9.17) is 26.1 Å². The molecule has 4 aromatic rings. The second-order valence-electron chi connectivity index (χ2n) is 8.36. The van der Waals surface area contributed by atoms with Gasteiger partial charge in [0.2, 0.25) is 0 Å². The summed E-state index contributed by atoms with van der Waals surface area (Å²) in [4.78, 5) is 19.3. The smallest absolute Gasteiger partial charge is 0.265 e. The molecular formula is C28H25ClN2O3S. The summed E-state index contributed by atoms with van der Waals surface area (Å²) in [5, 5.41) is 3.55. The van der Waals surface area contributed by atoms with E-state index in [9.17, 15) is 4.79 Å². The molecule has 7 heteroatoms. The van der Waals surface area contributed by atoms with Gasteiger partial charge >= 0.3 is 0 Å². The van der Waals surface area contributed by atoms with E-state index < -0.39 is 0 Å². The molecule has 35 heavy (non-hydrogen) atoms. The number of aromatic nitrogens is 1. The largest absolute Gasteiger partial charge is 0.493 e. The summed E-state index contributed by atoms with van der Waals surface area (Å²) in [6, 6.07) is 21.6. The van der Waals surface area contributed by atoms with Crippen molar-refractivity contribution in [2.45, 2.75) is 19.8 Å². The molecule has 2 heterocycles. The summed E-state index contributed by atoms with van der Waals surface area (Å²) in [6.45, 7) is 3.31. The molecule has 0 fully saturated rings. The van der Waals surface area contributed by atoms with Gasteiger partial charge in [0.15, 0.2) is 6.61 Å². The van der Waals surface area contributed by atoms with Crippen LogP contribution < -0.4 is 14.4 Å². The molecule has 0 bridgehead atoms. The number of carbonyl (C=O) groups excluding carboxylic acids is 1. The number of nitrogens with zero attached hydrogens (tertiary/aromatic N) is 2. The predicted molar refractivity (Wildman–Crippen MR) is 142 cm³/mol. The molecule has 0 N–H and O–H groups in total. The normalized spacial score (nSPS) is 12.9. The van der Waals surface area contributed by atoms with Gasteiger partial charge in [-0.25, -0.2) is 4.98 Å². The molecule has 0 saturated heterocycles. The van der Waals surface area contributed by atoms with Crippen LogP contribution in [0.1, 0.15) is 18.4 Å². The number of fused-ring (bicyclic) bond motifs is 1. The minimum absolute atomic E-state index is 0.0375. The summed E-state index contributed by atoms with van der Waals surface area (Å²) in [7, 11) is 0. The lowest BCUT2D eigenvalue weighted by Gasteiger charge is -2.29. The maximum Gasteiger partial charge on any atom is 0.265 e. The van der Waals surface area contributed by atoms with Crippen molar-refractivity contribution in [3.8, 4) is 33.3 Å². The summed E-state index contributed by atoms with van der Waals surface area (Å²) < 4.78 is 11.6. The molecule has 5 nitrogen and oxygen atoms in total. The van der Waals surface area contributed by atoms with Crippen molar-refractivity contribution >= 4 is 34.5 Å². The highest BCUT2D eigenvalue weighted by Crippen LogP contribution is 2.38. The lowest BCUT2D eigenvalue weighted by Crippen LogP contribution is -2.39. The zero-order valence-electron chi connectivity index (χ0n) is 19.4. The van der Waals surface area contributed by atoms with Gasteiger partial charge in [-0.05, 0) is 55.7 Å². The molecule has 178 valence electrons. The topological polar surface area (TPSA) is 51.7 Å². The zero-order chi connectivity index (χ0) is 24.2. The zero-order valence-corrected chi connectivity index (χ0v) is 20.9. The van der Waals surface area contributed by atoms with Crippen LogP contribution in [0.4, 0.5) is 5.69 Å². The molecule has 3 aromatic carbocycles. The number of hydrogen-bond donors (Lipinski definition) is 0. The molecule has 1 aromatic heterocycles. The van der Waals surface area contributed by atoms with Crippen molar-refractivity contribution in [2.24, 2.45) is 0 Å². The minimum atomic E-state index is -0.0375. The third-order valence-corrected chi connectivity index (χ3v) is 7.14. The maximum absolute atomic E-state index is 12.7. The van der Waals surface area contributed by atoms with Crippen LogP contribution in [0.25, 0.3) is 21.8 Å². The fourth-order valence-corrected chi connectivity index (χ4v) is 5.19. The lowest BCUT2D eigenvalue weighted by molar-refractivity contribution is -0.121. The van der Waals surface area contributed by atoms with Crippen molar-refractivity contribution < 1.29 is 14.3 Å². The van der Waals surface area contributed by atoms with E-state index in [1.807, 2.05) is 83.9 Å². The Balaban J connectivity index is 1.28. The number of thiazole rings is 1. The molecule has 5 rings (SSSR count). The predicted octanol–water partition coefficient (Wildman–Crippen LogP) is 7.02. The van der Waals surface area contributed by atoms with E-state index >= 15 is 0 Å². The molecule has 1 amide bonds. The number of benzene rings is 3. The highest BCUT2D eigenvalue weighted by Gasteiger charge is 2.26. The average molecular weight is 505 g/mol. The van der Waals surface area contributed by atoms with Gasteiger partial charge < -0.3 is 14.4 Å². The number of hydrogen-bond acceptors (Lipinski definition) is 5. The van der Waals surface area contributed by atoms with Gasteiger partial charge in [-0.1, -0.05) is 48.0 Å². The summed E-state index contributed by atoms with van der Waals surface area (Å²) in [6.07, 6.45) is 1.68. The van der Waals surface area contributed by atoms with Gasteiger partial charge in [0, 0.05) is 23.1 Å². The van der Waals surface area contributed by atoms with Crippen LogP contribution in [-0.4, -0.2) is 30.6 Å². The van der Waals surface area contributed by atoms with E-state index in [2.05, 4.69) is 0 Å². The van der Waals surface area contributed by atoms with E-state index in [1.165, 1.54) is 0 Å². The van der Waals surface area contributed by atoms with Crippen molar-refractivity contribution in [3.63, 3.8) is 0 Å². The Labute approximate surface area is 213 Å². The lowest BCUT2D eigenvalue weighted by atomic mass is 10.1. The van der Waals surface area contributed by atoms with E-state index in [1.54, 1.807) is 11.3 Å². The van der Waals surface area contributed by atoms with Crippen LogP contribution in [0, 0.1) is 6.92 Å². The number of ether oxygens (including phenoxy) is 2. The third-order valence-electron chi connectivity index (χ3n) is 5.93. The van der Waals surface area contributed by atoms with Crippen LogP contribution in [0.5, 0.6) is 11.5 Å². The first kappa shape index (κ1) is 23.4. The van der Waals surface area contributed by atoms with E-state index in [0.29, 0.717) is 23.9 Å². The second kappa shape index (κ2) is 10.5. The van der Waals surface area contributed by atoms with Crippen LogP contribution in [0.15, 0.2) is 72.1 Å². The van der Waals surface area contributed by atoms with Gasteiger partial charge in [-0.15, -0.1) is 11.3 Å². The molecule has 0 saturated carbocycles. The monoisotopic (exact) mass is 504 g/mol. The minimum Gasteiger partial charge on any atom is -0.493 e. The first-order valence-electron chi connectivity index (χ1n) is 11.6. The standard InChI is InChI=1S/C28H25ClN2O3S/c1-19-8-2-5-11-25(19)33-15-7-6-14-31-24-16-20(12-13-26(24)34-17-27(31)32)23-18-35-28(30-23)21-9-3-4-10-22(21)29/h2-5,8-13,16,18H,6-7,14-15,17H2,1H3. The summed E-state index contributed by atoms with van der Waals surface area (Å²) in [5.74, 6) is 1.58. The van der Waals surface area contributed by atoms with Crippen molar-refractivity contribution in [2.75, 3.05) is 24.7 Å². The van der Waals surface area contributed by atoms with Crippen LogP contribution in [0.3, 0.4) is 0 Å². The first-order valence-corrected chi connectivity index (χ1v) is 12.8. The molecular weight excluding hydrogens is 480 g/mol. The summed E-state index contributed by atoms with van der Waals surface area (Å²) >= 11 is 7.90. The molecule has 0 spiro atoms. The number of halogens is 1. The highest BCUT2D eigenvalue weighted by atomic mass is 35.5. The summed E-state index contributed by atoms with van der Waals surface area (Å²) in [5.41, 5.74) is 4.60. The number of unbranched alkanes of at least 4 members (excludes halogenated alkanes) is 1. The Kier molecular flexibility index (Phi) is 7.02. The third kappa shape index (κ3) is 5.19. The Morgan fingerprint density at radius 2 is 1.91 bits per heavy atom. The number of para-hydroxylation sites is 1. The van der Waals surface area contributed by atoms with Crippen molar-refractivity contribution in [1.82, 2.24) is 4.98 Å². The van der Waals surface area contributed by atoms with Gasteiger partial charge in [-0.2, -0.15) is 0 Å². The number of anilines is 1. The van der Waals surface area contributed by atoms with Gasteiger partial charge in [-0.3, -0.25) is 4.79 Å². The molecule has 0 atom stereocenters. The number of rotatable bonds is 8. The van der Waals surface area contributed by atoms with Gasteiger partial charge in [0.1, 0.15) is 16.5 Å². The van der Waals surface area contributed by atoms with E-state index in [0.717, 1.165) is 51.7 Å². The van der Waals surface area contributed by atoms with Crippen LogP contribution in [-0.2, 0) is 4.79 Å². The SMILES string of the molecule is Cc1ccccc1OCCCCN1C(=O)COc2ccc(-c3csc(-c4ccccc4Cl)n3)cc21. The Morgan fingerprint density at radius 3 is 2.77 bits per heavy atom. The Hall–Kier alpha value is -3.35. The Bertz CT molecular complexity index is 1350. The van der Waals surface area contributed by atoms with Gasteiger partial charge in [0.05, 0.1) is 23.0 Å². The molecule has 0 radical (unpaired) electrons. The van der Waals surface area contributed by atoms with Crippen molar-refractivity contribution in [3.05, 3.63) is 82.7 Å². The van der Waals surface area contributed by atoms with E-state index in [-0.39, 0.29) is 12.5 Å². The first-order chi connectivity index (χ1) is 17.1. The second-order valence-corrected chi connectivity index (χ2v) is 9.62. The number of aryl methyl sites for hydroxylation is 1. The average Bonchev–Trinajstić information content (AvgIpc) is 3.36. The van der Waals surface area contributed by atoms with Gasteiger partial charge in [0.25, 0.3) is 5.91 Å². The fraction of sp³-hybridized carbons (Fsp3) is 0.214. The van der Waals surface area contributed by atoms with Crippen molar-refractivity contribution in [1.29, 1.82) is 0 Å². The molecule has 1 aliphatic rings. The molecule has 0 aliphatic carbocycles. The quantitative estimate of drug-likeness (QED) is 0.242. The number of amides is 1. The number of carbonyl (C=O) groups is 1. The van der Waals surface area contributed by atoms with Crippen LogP contribution >= 0.6 is 22.9 Å².